The zero-order valence-corrected chi connectivity index (χ0v) is 9.01. The highest BCUT2D eigenvalue weighted by Crippen LogP contribution is 2.05. The average Bonchev–Trinajstić information content (AvgIpc) is 2.01. The largest absolute Gasteiger partial charge is 0.459 e. The fourth-order valence-electron chi connectivity index (χ4n) is 0.503. The van der Waals surface area contributed by atoms with E-state index in [1.54, 1.807) is 20.8 Å². The van der Waals surface area contributed by atoms with Gasteiger partial charge in [0.25, 0.3) is 0 Å². The van der Waals surface area contributed by atoms with Crippen LogP contribution in [0.2, 0.25) is 0 Å². The van der Waals surface area contributed by atoms with E-state index in [1.165, 1.54) is 0 Å². The number of esters is 1. The highest BCUT2D eigenvalue weighted by atomic mass is 16.6. The second-order valence-electron chi connectivity index (χ2n) is 3.09. The van der Waals surface area contributed by atoms with Crippen LogP contribution < -0.4 is 5.32 Å². The summed E-state index contributed by atoms with van der Waals surface area (Å²) in [4.78, 5) is 20.5. The summed E-state index contributed by atoms with van der Waals surface area (Å²) in [7, 11) is 0. The van der Waals surface area contributed by atoms with Crippen molar-refractivity contribution < 1.29 is 14.3 Å². The van der Waals surface area contributed by atoms with Crippen molar-refractivity contribution in [3.63, 3.8) is 0 Å². The third-order valence-electron chi connectivity index (χ3n) is 0.750. The Morgan fingerprint density at radius 1 is 1.38 bits per heavy atom. The van der Waals surface area contributed by atoms with E-state index in [9.17, 15) is 9.59 Å². The maximum absolute atomic E-state index is 10.8. The summed E-state index contributed by atoms with van der Waals surface area (Å²) < 4.78 is 4.88. The molecule has 0 aromatic carbocycles. The van der Waals surface area contributed by atoms with Crippen molar-refractivity contribution in [1.82, 2.24) is 5.32 Å². The second kappa shape index (κ2) is 7.58. The van der Waals surface area contributed by atoms with Crippen molar-refractivity contribution in [3.8, 4) is 0 Å². The standard InChI is InChI=1S/C7H13NO3.C2H6/c1-7(2,3)11-6(10)4-8-5-9;1-2/h5H,4H2,1-3H3,(H,8,9);1-2H3. The summed E-state index contributed by atoms with van der Waals surface area (Å²) in [5, 5.41) is 2.22. The molecule has 0 heterocycles. The predicted molar refractivity (Wildman–Crippen MR) is 51.3 cm³/mol. The Balaban J connectivity index is 0. The first-order valence-electron chi connectivity index (χ1n) is 4.34. The van der Waals surface area contributed by atoms with Crippen molar-refractivity contribution >= 4 is 12.4 Å². The zero-order chi connectivity index (χ0) is 10.9. The SMILES string of the molecule is CC.CC(C)(C)OC(=O)CNC=O. The smallest absolute Gasteiger partial charge is 0.325 e. The van der Waals surface area contributed by atoms with Gasteiger partial charge >= 0.3 is 5.97 Å². The summed E-state index contributed by atoms with van der Waals surface area (Å²) in [5.41, 5.74) is -0.484. The Morgan fingerprint density at radius 3 is 2.15 bits per heavy atom. The lowest BCUT2D eigenvalue weighted by molar-refractivity contribution is -0.154. The minimum atomic E-state index is -0.484. The highest BCUT2D eigenvalue weighted by molar-refractivity contribution is 5.74. The molecule has 4 heteroatoms. The van der Waals surface area contributed by atoms with E-state index in [-0.39, 0.29) is 6.54 Å². The van der Waals surface area contributed by atoms with E-state index in [0.29, 0.717) is 6.41 Å². The van der Waals surface area contributed by atoms with Crippen LogP contribution in [0.25, 0.3) is 0 Å². The lowest BCUT2D eigenvalue weighted by atomic mass is 10.2. The zero-order valence-electron chi connectivity index (χ0n) is 9.01. The predicted octanol–water partition coefficient (Wildman–Crippen LogP) is 1.10. The normalized spacial score (nSPS) is 9.31. The van der Waals surface area contributed by atoms with Crippen LogP contribution in [-0.4, -0.2) is 24.5 Å². The van der Waals surface area contributed by atoms with E-state index in [2.05, 4.69) is 5.32 Å². The molecule has 0 aromatic rings. The van der Waals surface area contributed by atoms with Crippen molar-refractivity contribution in [2.24, 2.45) is 0 Å². The summed E-state index contributed by atoms with van der Waals surface area (Å²) >= 11 is 0. The van der Waals surface area contributed by atoms with Crippen LogP contribution >= 0.6 is 0 Å². The van der Waals surface area contributed by atoms with Crippen LogP contribution in [-0.2, 0) is 14.3 Å². The lowest BCUT2D eigenvalue weighted by Gasteiger charge is -2.18. The molecule has 0 saturated heterocycles. The molecule has 0 spiro atoms. The Morgan fingerprint density at radius 2 is 1.85 bits per heavy atom. The molecule has 78 valence electrons. The average molecular weight is 189 g/mol. The molecule has 4 nitrogen and oxygen atoms in total. The van der Waals surface area contributed by atoms with E-state index in [0.717, 1.165) is 0 Å². The number of carbonyl (C=O) groups excluding carboxylic acids is 2. The second-order valence-corrected chi connectivity index (χ2v) is 3.09. The number of hydrogen-bond acceptors (Lipinski definition) is 3. The molecule has 0 radical (unpaired) electrons. The van der Waals surface area contributed by atoms with Gasteiger partial charge in [-0.1, -0.05) is 13.8 Å². The first-order chi connectivity index (χ1) is 5.95. The molecule has 0 aliphatic rings. The fourth-order valence-corrected chi connectivity index (χ4v) is 0.503. The quantitative estimate of drug-likeness (QED) is 0.534. The summed E-state index contributed by atoms with van der Waals surface area (Å²) in [5.74, 6) is -0.426. The Hall–Kier alpha value is -1.06. The van der Waals surface area contributed by atoms with Crippen LogP contribution in [0.4, 0.5) is 0 Å². The molecule has 1 N–H and O–H groups in total. The number of rotatable bonds is 3. The molecule has 1 amide bonds. The molecule has 0 unspecified atom stereocenters. The van der Waals surface area contributed by atoms with Crippen molar-refractivity contribution in [2.75, 3.05) is 6.54 Å². The number of hydrogen-bond donors (Lipinski definition) is 1. The molecule has 0 aliphatic heterocycles. The first-order valence-corrected chi connectivity index (χ1v) is 4.34. The number of carbonyl (C=O) groups is 2. The van der Waals surface area contributed by atoms with E-state index in [1.807, 2.05) is 13.8 Å². The third kappa shape index (κ3) is 13.9. The Labute approximate surface area is 79.7 Å². The summed E-state index contributed by atoms with van der Waals surface area (Å²) in [6.07, 6.45) is 0.462. The Bertz CT molecular complexity index is 149. The highest BCUT2D eigenvalue weighted by Gasteiger charge is 2.15. The lowest BCUT2D eigenvalue weighted by Crippen LogP contribution is -2.30. The van der Waals surface area contributed by atoms with Gasteiger partial charge in [0.15, 0.2) is 0 Å². The monoisotopic (exact) mass is 189 g/mol. The fraction of sp³-hybridized carbons (Fsp3) is 0.778. The van der Waals surface area contributed by atoms with E-state index >= 15 is 0 Å². The number of ether oxygens (including phenoxy) is 1. The molecule has 0 rings (SSSR count). The maximum atomic E-state index is 10.8. The minimum Gasteiger partial charge on any atom is -0.459 e. The van der Waals surface area contributed by atoms with Gasteiger partial charge in [-0.15, -0.1) is 0 Å². The molecule has 13 heavy (non-hydrogen) atoms. The van der Waals surface area contributed by atoms with Gasteiger partial charge in [0, 0.05) is 0 Å². The first kappa shape index (κ1) is 14.5. The molecule has 0 bridgehead atoms. The van der Waals surface area contributed by atoms with Crippen molar-refractivity contribution in [2.45, 2.75) is 40.2 Å². The maximum Gasteiger partial charge on any atom is 0.325 e. The van der Waals surface area contributed by atoms with Crippen molar-refractivity contribution in [3.05, 3.63) is 0 Å². The van der Waals surface area contributed by atoms with Crippen LogP contribution in [0.5, 0.6) is 0 Å². The van der Waals surface area contributed by atoms with Gasteiger partial charge in [-0.2, -0.15) is 0 Å². The van der Waals surface area contributed by atoms with Crippen molar-refractivity contribution in [1.29, 1.82) is 0 Å². The summed E-state index contributed by atoms with van der Waals surface area (Å²) in [6.45, 7) is 9.24. The number of nitrogens with one attached hydrogen (secondary N) is 1. The van der Waals surface area contributed by atoms with Gasteiger partial charge in [-0.25, -0.2) is 0 Å². The molecule has 0 fully saturated rings. The van der Waals surface area contributed by atoms with Gasteiger partial charge in [0.2, 0.25) is 6.41 Å². The van der Waals surface area contributed by atoms with Gasteiger partial charge in [0.05, 0.1) is 0 Å². The molecule has 0 aromatic heterocycles. The third-order valence-corrected chi connectivity index (χ3v) is 0.750. The van der Waals surface area contributed by atoms with E-state index in [4.69, 9.17) is 4.74 Å². The molecule has 0 atom stereocenters. The van der Waals surface area contributed by atoms with E-state index < -0.39 is 11.6 Å². The van der Waals surface area contributed by atoms with Crippen LogP contribution in [0, 0.1) is 0 Å². The van der Waals surface area contributed by atoms with Crippen LogP contribution in [0.3, 0.4) is 0 Å². The van der Waals surface area contributed by atoms with Crippen LogP contribution in [0.15, 0.2) is 0 Å². The molecular weight excluding hydrogens is 170 g/mol. The minimum absolute atomic E-state index is 0.0687. The molecular formula is C9H19NO3. The molecule has 0 aliphatic carbocycles. The number of amides is 1. The molecule has 0 saturated carbocycles. The van der Waals surface area contributed by atoms with Gasteiger partial charge in [0.1, 0.15) is 12.1 Å². The van der Waals surface area contributed by atoms with Gasteiger partial charge in [-0.3, -0.25) is 9.59 Å². The summed E-state index contributed by atoms with van der Waals surface area (Å²) in [6, 6.07) is 0. The van der Waals surface area contributed by atoms with Gasteiger partial charge < -0.3 is 10.1 Å². The Kier molecular flexibility index (Phi) is 8.44. The topological polar surface area (TPSA) is 55.4 Å². The van der Waals surface area contributed by atoms with Gasteiger partial charge in [-0.05, 0) is 20.8 Å². The van der Waals surface area contributed by atoms with Crippen LogP contribution in [0.1, 0.15) is 34.6 Å².